The van der Waals surface area contributed by atoms with E-state index in [0.717, 1.165) is 4.88 Å². The molecule has 0 spiro atoms. The van der Waals surface area contributed by atoms with E-state index in [1.54, 1.807) is 11.3 Å². The summed E-state index contributed by atoms with van der Waals surface area (Å²) in [4.78, 5) is 15.1. The van der Waals surface area contributed by atoms with Gasteiger partial charge in [0.05, 0.1) is 18.8 Å². The van der Waals surface area contributed by atoms with Crippen LogP contribution in [0.5, 0.6) is 0 Å². The molecule has 1 unspecified atom stereocenters. The van der Waals surface area contributed by atoms with Crippen molar-refractivity contribution in [3.8, 4) is 0 Å². The normalized spacial score (nSPS) is 19.3. The van der Waals surface area contributed by atoms with Crippen molar-refractivity contribution in [2.24, 2.45) is 0 Å². The van der Waals surface area contributed by atoms with Gasteiger partial charge in [-0.25, -0.2) is 8.42 Å². The second kappa shape index (κ2) is 6.87. The van der Waals surface area contributed by atoms with Gasteiger partial charge in [-0.1, -0.05) is 6.07 Å². The van der Waals surface area contributed by atoms with Crippen LogP contribution >= 0.6 is 11.3 Å². The van der Waals surface area contributed by atoms with E-state index >= 15 is 0 Å². The standard InChI is InChI=1S/C13H21N3O3S2/c1-11(12-4-3-9-20-12)14-13(17)10-15-5-7-16(8-6-15)21(2,18)19/h3-4,9,11H,5-8,10H2,1-2H3,(H,14,17). The number of carbonyl (C=O) groups is 1. The molecule has 1 aromatic heterocycles. The fraction of sp³-hybridized carbons (Fsp3) is 0.615. The summed E-state index contributed by atoms with van der Waals surface area (Å²) in [5.74, 6) is -0.0243. The molecule has 2 rings (SSSR count). The van der Waals surface area contributed by atoms with E-state index in [-0.39, 0.29) is 11.9 Å². The molecular formula is C13H21N3O3S2. The molecule has 0 radical (unpaired) electrons. The van der Waals surface area contributed by atoms with Crippen molar-refractivity contribution >= 4 is 27.3 Å². The van der Waals surface area contributed by atoms with Crippen LogP contribution in [0.25, 0.3) is 0 Å². The zero-order valence-corrected chi connectivity index (χ0v) is 13.9. The Morgan fingerprint density at radius 1 is 1.38 bits per heavy atom. The molecule has 0 bridgehead atoms. The lowest BCUT2D eigenvalue weighted by molar-refractivity contribution is -0.123. The summed E-state index contributed by atoms with van der Waals surface area (Å²) in [6.45, 7) is 4.36. The van der Waals surface area contributed by atoms with E-state index in [1.807, 2.05) is 29.3 Å². The molecule has 1 aromatic rings. The second-order valence-electron chi connectivity index (χ2n) is 5.24. The molecular weight excluding hydrogens is 310 g/mol. The van der Waals surface area contributed by atoms with E-state index < -0.39 is 10.0 Å². The van der Waals surface area contributed by atoms with Crippen LogP contribution in [-0.2, 0) is 14.8 Å². The molecule has 8 heteroatoms. The third-order valence-electron chi connectivity index (χ3n) is 3.51. The van der Waals surface area contributed by atoms with Crippen molar-refractivity contribution in [1.29, 1.82) is 0 Å². The Bertz CT molecular complexity index is 563. The van der Waals surface area contributed by atoms with E-state index in [9.17, 15) is 13.2 Å². The number of thiophene rings is 1. The third kappa shape index (κ3) is 4.77. The Morgan fingerprint density at radius 2 is 2.05 bits per heavy atom. The Kier molecular flexibility index (Phi) is 5.37. The highest BCUT2D eigenvalue weighted by molar-refractivity contribution is 7.88. The number of hydrogen-bond acceptors (Lipinski definition) is 5. The maximum Gasteiger partial charge on any atom is 0.234 e. The topological polar surface area (TPSA) is 69.7 Å². The van der Waals surface area contributed by atoms with Crippen LogP contribution in [0.4, 0.5) is 0 Å². The fourth-order valence-electron chi connectivity index (χ4n) is 2.32. The van der Waals surface area contributed by atoms with Gasteiger partial charge in [-0.3, -0.25) is 9.69 Å². The van der Waals surface area contributed by atoms with E-state index in [0.29, 0.717) is 32.7 Å². The Balaban J connectivity index is 1.77. The molecule has 1 fully saturated rings. The van der Waals surface area contributed by atoms with Gasteiger partial charge in [-0.05, 0) is 18.4 Å². The summed E-state index contributed by atoms with van der Waals surface area (Å²) in [5.41, 5.74) is 0. The molecule has 0 saturated carbocycles. The highest BCUT2D eigenvalue weighted by Gasteiger charge is 2.24. The van der Waals surface area contributed by atoms with Crippen LogP contribution in [-0.4, -0.2) is 62.5 Å². The maximum absolute atomic E-state index is 12.0. The van der Waals surface area contributed by atoms with Crippen LogP contribution < -0.4 is 5.32 Å². The predicted octanol–water partition coefficient (Wildman–Crippen LogP) is 0.503. The molecule has 6 nitrogen and oxygen atoms in total. The first kappa shape index (κ1) is 16.4. The lowest BCUT2D eigenvalue weighted by Gasteiger charge is -2.32. The number of carbonyl (C=O) groups excluding carboxylic acids is 1. The summed E-state index contributed by atoms with van der Waals surface area (Å²) >= 11 is 1.62. The van der Waals surface area contributed by atoms with Crippen molar-refractivity contribution in [2.45, 2.75) is 13.0 Å². The zero-order valence-electron chi connectivity index (χ0n) is 12.3. The van der Waals surface area contributed by atoms with Gasteiger partial charge in [-0.2, -0.15) is 4.31 Å². The predicted molar refractivity (Wildman–Crippen MR) is 83.7 cm³/mol. The van der Waals surface area contributed by atoms with E-state index in [4.69, 9.17) is 0 Å². The second-order valence-corrected chi connectivity index (χ2v) is 8.20. The molecule has 118 valence electrons. The number of rotatable bonds is 5. The fourth-order valence-corrected chi connectivity index (χ4v) is 3.88. The first-order chi connectivity index (χ1) is 9.86. The van der Waals surface area contributed by atoms with Gasteiger partial charge in [0, 0.05) is 31.1 Å². The summed E-state index contributed by atoms with van der Waals surface area (Å²) in [7, 11) is -3.12. The van der Waals surface area contributed by atoms with Gasteiger partial charge in [0.2, 0.25) is 15.9 Å². The van der Waals surface area contributed by atoms with Crippen molar-refractivity contribution in [3.05, 3.63) is 22.4 Å². The van der Waals surface area contributed by atoms with Crippen LogP contribution in [0, 0.1) is 0 Å². The minimum absolute atomic E-state index is 0.00908. The lowest BCUT2D eigenvalue weighted by atomic mass is 10.2. The van der Waals surface area contributed by atoms with E-state index in [1.165, 1.54) is 10.6 Å². The van der Waals surface area contributed by atoms with Gasteiger partial charge in [-0.15, -0.1) is 11.3 Å². The quantitative estimate of drug-likeness (QED) is 0.853. The number of amides is 1. The van der Waals surface area contributed by atoms with Gasteiger partial charge in [0.1, 0.15) is 0 Å². The third-order valence-corrected chi connectivity index (χ3v) is 5.87. The highest BCUT2D eigenvalue weighted by atomic mass is 32.2. The van der Waals surface area contributed by atoms with Gasteiger partial charge in [0.15, 0.2) is 0 Å². The maximum atomic E-state index is 12.0. The van der Waals surface area contributed by atoms with Crippen molar-refractivity contribution in [2.75, 3.05) is 39.0 Å². The minimum Gasteiger partial charge on any atom is -0.348 e. The molecule has 1 amide bonds. The Hall–Kier alpha value is -0.960. The molecule has 1 saturated heterocycles. The monoisotopic (exact) mass is 331 g/mol. The summed E-state index contributed by atoms with van der Waals surface area (Å²) in [6, 6.07) is 3.97. The number of nitrogens with one attached hydrogen (secondary N) is 1. The molecule has 0 aromatic carbocycles. The minimum atomic E-state index is -3.12. The Morgan fingerprint density at radius 3 is 2.57 bits per heavy atom. The molecule has 1 aliphatic rings. The van der Waals surface area contributed by atoms with Gasteiger partial charge < -0.3 is 5.32 Å². The Labute approximate surface area is 129 Å². The first-order valence-corrected chi connectivity index (χ1v) is 9.59. The number of nitrogens with zero attached hydrogens (tertiary/aromatic N) is 2. The summed E-state index contributed by atoms with van der Waals surface area (Å²) < 4.78 is 24.3. The lowest BCUT2D eigenvalue weighted by Crippen LogP contribution is -2.50. The average Bonchev–Trinajstić information content (AvgIpc) is 2.92. The van der Waals surface area contributed by atoms with Crippen molar-refractivity contribution in [1.82, 2.24) is 14.5 Å². The summed E-state index contributed by atoms with van der Waals surface area (Å²) in [5, 5.41) is 4.96. The van der Waals surface area contributed by atoms with Crippen LogP contribution in [0.2, 0.25) is 0 Å². The summed E-state index contributed by atoms with van der Waals surface area (Å²) in [6.07, 6.45) is 1.22. The van der Waals surface area contributed by atoms with Gasteiger partial charge in [0.25, 0.3) is 0 Å². The van der Waals surface area contributed by atoms with Gasteiger partial charge >= 0.3 is 0 Å². The SMILES string of the molecule is CC(NC(=O)CN1CCN(S(C)(=O)=O)CC1)c1cccs1. The molecule has 21 heavy (non-hydrogen) atoms. The first-order valence-electron chi connectivity index (χ1n) is 6.86. The van der Waals surface area contributed by atoms with Crippen molar-refractivity contribution in [3.63, 3.8) is 0 Å². The molecule has 2 heterocycles. The molecule has 0 aliphatic carbocycles. The number of hydrogen-bond donors (Lipinski definition) is 1. The van der Waals surface area contributed by atoms with Crippen LogP contribution in [0.3, 0.4) is 0 Å². The molecule has 1 N–H and O–H groups in total. The number of piperazine rings is 1. The largest absolute Gasteiger partial charge is 0.348 e. The van der Waals surface area contributed by atoms with Crippen LogP contribution in [0.1, 0.15) is 17.8 Å². The number of sulfonamides is 1. The zero-order chi connectivity index (χ0) is 15.5. The van der Waals surface area contributed by atoms with Crippen molar-refractivity contribution < 1.29 is 13.2 Å². The average molecular weight is 331 g/mol. The highest BCUT2D eigenvalue weighted by Crippen LogP contribution is 2.17. The van der Waals surface area contributed by atoms with E-state index in [2.05, 4.69) is 5.32 Å². The van der Waals surface area contributed by atoms with Crippen LogP contribution in [0.15, 0.2) is 17.5 Å². The smallest absolute Gasteiger partial charge is 0.234 e. The molecule has 1 atom stereocenters. The molecule has 1 aliphatic heterocycles.